The maximum atomic E-state index is 12.7. The number of carbonyl (C=O) groups excluding carboxylic acids is 2. The van der Waals surface area contributed by atoms with E-state index in [1.807, 2.05) is 32.6 Å². The van der Waals surface area contributed by atoms with Crippen molar-refractivity contribution < 1.29 is 9.59 Å². The van der Waals surface area contributed by atoms with E-state index in [4.69, 9.17) is 0 Å². The maximum Gasteiger partial charge on any atom is 0.317 e. The first-order valence-electron chi connectivity index (χ1n) is 9.25. The lowest BCUT2D eigenvalue weighted by Gasteiger charge is -2.30. The zero-order valence-electron chi connectivity index (χ0n) is 15.8. The van der Waals surface area contributed by atoms with Gasteiger partial charge >= 0.3 is 6.03 Å². The number of nitrogens with one attached hydrogen (secondary N) is 3. The van der Waals surface area contributed by atoms with Crippen molar-refractivity contribution in [1.82, 2.24) is 25.7 Å². The second-order valence-electron chi connectivity index (χ2n) is 7.11. The molecule has 0 unspecified atom stereocenters. The maximum absolute atomic E-state index is 12.7. The topological polar surface area (TPSA) is 90.1 Å². The number of nitrogens with zero attached hydrogens (tertiary/aromatic N) is 2. The highest BCUT2D eigenvalue weighted by Gasteiger charge is 2.30. The molecule has 0 saturated carbocycles. The first kappa shape index (κ1) is 19.3. The Morgan fingerprint density at radius 1 is 1.28 bits per heavy atom. The molecule has 0 aromatic carbocycles. The number of hydrogen-bond donors (Lipinski definition) is 3. The van der Waals surface area contributed by atoms with Gasteiger partial charge in [0.2, 0.25) is 5.91 Å². The van der Waals surface area contributed by atoms with Crippen molar-refractivity contribution in [3.05, 3.63) is 17.0 Å². The van der Waals surface area contributed by atoms with Gasteiger partial charge in [-0.3, -0.25) is 9.89 Å². The minimum Gasteiger partial charge on any atom is -0.354 e. The number of aromatic nitrogens is 2. The van der Waals surface area contributed by atoms with Crippen molar-refractivity contribution in [3.8, 4) is 0 Å². The second kappa shape index (κ2) is 8.87. The van der Waals surface area contributed by atoms with Crippen molar-refractivity contribution in [1.29, 1.82) is 0 Å². The molecule has 3 amide bonds. The Morgan fingerprint density at radius 3 is 2.68 bits per heavy atom. The van der Waals surface area contributed by atoms with Crippen LogP contribution in [0.5, 0.6) is 0 Å². The lowest BCUT2D eigenvalue weighted by atomic mass is 9.99. The quantitative estimate of drug-likeness (QED) is 0.763. The van der Waals surface area contributed by atoms with Gasteiger partial charge in [0, 0.05) is 36.8 Å². The van der Waals surface area contributed by atoms with Crippen LogP contribution in [0.2, 0.25) is 0 Å². The monoisotopic (exact) mass is 349 g/mol. The van der Waals surface area contributed by atoms with Crippen molar-refractivity contribution in [2.45, 2.75) is 71.9 Å². The predicted octanol–water partition coefficient (Wildman–Crippen LogP) is 2.57. The molecule has 1 aromatic rings. The van der Waals surface area contributed by atoms with Crippen LogP contribution in [-0.2, 0) is 4.79 Å². The van der Waals surface area contributed by atoms with Gasteiger partial charge in [0.1, 0.15) is 0 Å². The van der Waals surface area contributed by atoms with Gasteiger partial charge < -0.3 is 15.5 Å². The minimum absolute atomic E-state index is 0.0377. The van der Waals surface area contributed by atoms with Crippen molar-refractivity contribution in [2.24, 2.45) is 0 Å². The summed E-state index contributed by atoms with van der Waals surface area (Å²) in [5.41, 5.74) is 3.12. The van der Waals surface area contributed by atoms with Gasteiger partial charge in [0.05, 0.1) is 11.7 Å². The number of H-pyrrole nitrogens is 1. The lowest BCUT2D eigenvalue weighted by molar-refractivity contribution is -0.121. The molecule has 1 aromatic heterocycles. The molecule has 0 bridgehead atoms. The minimum atomic E-state index is -0.0933. The van der Waals surface area contributed by atoms with E-state index >= 15 is 0 Å². The van der Waals surface area contributed by atoms with Crippen LogP contribution in [0, 0.1) is 13.8 Å². The fourth-order valence-electron chi connectivity index (χ4n) is 3.48. The Kier molecular flexibility index (Phi) is 6.84. The molecule has 0 aliphatic carbocycles. The van der Waals surface area contributed by atoms with E-state index in [9.17, 15) is 9.59 Å². The number of hydrogen-bond acceptors (Lipinski definition) is 3. The summed E-state index contributed by atoms with van der Waals surface area (Å²) in [6.45, 7) is 8.92. The van der Waals surface area contributed by atoms with Crippen LogP contribution in [0.1, 0.15) is 68.9 Å². The molecule has 7 heteroatoms. The van der Waals surface area contributed by atoms with Crippen LogP contribution in [0.15, 0.2) is 0 Å². The highest BCUT2D eigenvalue weighted by Crippen LogP contribution is 2.33. The molecule has 2 heterocycles. The smallest absolute Gasteiger partial charge is 0.317 e. The largest absolute Gasteiger partial charge is 0.354 e. The Labute approximate surface area is 149 Å². The summed E-state index contributed by atoms with van der Waals surface area (Å²) < 4.78 is 0. The first-order chi connectivity index (χ1) is 11.9. The third kappa shape index (κ3) is 5.21. The van der Waals surface area contributed by atoms with Crippen LogP contribution in [0.4, 0.5) is 4.79 Å². The van der Waals surface area contributed by atoms with E-state index in [0.717, 1.165) is 49.2 Å². The highest BCUT2D eigenvalue weighted by molar-refractivity contribution is 5.78. The van der Waals surface area contributed by atoms with Crippen LogP contribution in [0.3, 0.4) is 0 Å². The lowest BCUT2D eigenvalue weighted by Crippen LogP contribution is -2.43. The van der Waals surface area contributed by atoms with E-state index in [0.29, 0.717) is 13.0 Å². The van der Waals surface area contributed by atoms with E-state index < -0.39 is 0 Å². The molecule has 7 nitrogen and oxygen atoms in total. The van der Waals surface area contributed by atoms with Crippen LogP contribution < -0.4 is 10.6 Å². The molecule has 1 aliphatic heterocycles. The third-order valence-electron chi connectivity index (χ3n) is 4.61. The van der Waals surface area contributed by atoms with E-state index in [1.165, 1.54) is 0 Å². The third-order valence-corrected chi connectivity index (χ3v) is 4.61. The molecular formula is C18H31N5O2. The van der Waals surface area contributed by atoms with Crippen molar-refractivity contribution >= 4 is 11.9 Å². The number of urea groups is 1. The van der Waals surface area contributed by atoms with Gasteiger partial charge in [-0.1, -0.05) is 12.8 Å². The van der Waals surface area contributed by atoms with Gasteiger partial charge in [-0.25, -0.2) is 4.79 Å². The first-order valence-corrected chi connectivity index (χ1v) is 9.25. The average Bonchev–Trinajstić information content (AvgIpc) is 2.74. The number of rotatable bonds is 5. The molecule has 1 saturated heterocycles. The molecule has 140 valence electrons. The average molecular weight is 349 g/mol. The predicted molar refractivity (Wildman–Crippen MR) is 97.3 cm³/mol. The molecule has 1 fully saturated rings. The summed E-state index contributed by atoms with van der Waals surface area (Å²) in [5.74, 6) is -0.0377. The van der Waals surface area contributed by atoms with Crippen LogP contribution >= 0.6 is 0 Å². The fourth-order valence-corrected chi connectivity index (χ4v) is 3.48. The van der Waals surface area contributed by atoms with Crippen LogP contribution in [0.25, 0.3) is 0 Å². The Bertz CT molecular complexity index is 577. The molecule has 0 radical (unpaired) electrons. The summed E-state index contributed by atoms with van der Waals surface area (Å²) in [5, 5.41) is 13.1. The fraction of sp³-hybridized carbons (Fsp3) is 0.722. The second-order valence-corrected chi connectivity index (χ2v) is 7.11. The normalized spacial score (nSPS) is 18.1. The van der Waals surface area contributed by atoms with Crippen molar-refractivity contribution in [3.63, 3.8) is 0 Å². The molecule has 1 aliphatic rings. The van der Waals surface area contributed by atoms with Gasteiger partial charge in [-0.05, 0) is 40.5 Å². The molecule has 2 rings (SSSR count). The van der Waals surface area contributed by atoms with E-state index in [1.54, 1.807) is 0 Å². The van der Waals surface area contributed by atoms with E-state index in [2.05, 4.69) is 20.8 Å². The molecule has 25 heavy (non-hydrogen) atoms. The standard InChI is InChI=1S/C18H31N5O2/c1-12(2)20-16(24)9-10-19-18(25)23-11-7-5-6-8-15(23)17-13(3)21-22-14(17)4/h12,15H,5-11H2,1-4H3,(H,19,25)(H,20,24)(H,21,22)/t15-/m0/s1. The van der Waals surface area contributed by atoms with Crippen molar-refractivity contribution in [2.75, 3.05) is 13.1 Å². The zero-order valence-corrected chi connectivity index (χ0v) is 15.8. The number of aromatic amines is 1. The molecule has 1 atom stereocenters. The summed E-state index contributed by atoms with van der Waals surface area (Å²) in [6.07, 6.45) is 4.49. The van der Waals surface area contributed by atoms with Gasteiger partial charge in [0.15, 0.2) is 0 Å². The number of likely N-dealkylation sites (tertiary alicyclic amines) is 1. The summed E-state index contributed by atoms with van der Waals surface area (Å²) in [7, 11) is 0. The Balaban J connectivity index is 2.00. The summed E-state index contributed by atoms with van der Waals surface area (Å²) >= 11 is 0. The van der Waals surface area contributed by atoms with Crippen LogP contribution in [-0.4, -0.2) is 46.2 Å². The van der Waals surface area contributed by atoms with Gasteiger partial charge in [-0.2, -0.15) is 5.10 Å². The van der Waals surface area contributed by atoms with Gasteiger partial charge in [-0.15, -0.1) is 0 Å². The number of aryl methyl sites for hydroxylation is 2. The highest BCUT2D eigenvalue weighted by atomic mass is 16.2. The Hall–Kier alpha value is -2.05. The van der Waals surface area contributed by atoms with Gasteiger partial charge in [0.25, 0.3) is 0 Å². The number of amides is 3. The summed E-state index contributed by atoms with van der Waals surface area (Å²) in [4.78, 5) is 26.4. The number of carbonyl (C=O) groups is 2. The van der Waals surface area contributed by atoms with E-state index in [-0.39, 0.29) is 24.0 Å². The Morgan fingerprint density at radius 2 is 2.04 bits per heavy atom. The SMILES string of the molecule is Cc1n[nH]c(C)c1[C@@H]1CCCCCN1C(=O)NCCC(=O)NC(C)C. The molecule has 0 spiro atoms. The molecule has 3 N–H and O–H groups in total. The molecular weight excluding hydrogens is 318 g/mol. The zero-order chi connectivity index (χ0) is 18.4. The summed E-state index contributed by atoms with van der Waals surface area (Å²) in [6, 6.07) is 0.0696.